The highest BCUT2D eigenvalue weighted by Crippen LogP contribution is 2.11. The molecule has 0 aromatic carbocycles. The molecule has 0 amide bonds. The summed E-state index contributed by atoms with van der Waals surface area (Å²) in [5.41, 5.74) is 1.05. The van der Waals surface area contributed by atoms with Gasteiger partial charge in [-0.1, -0.05) is 6.92 Å². The number of pyridine rings is 1. The van der Waals surface area contributed by atoms with Gasteiger partial charge in [-0.3, -0.25) is 15.1 Å². The van der Waals surface area contributed by atoms with Gasteiger partial charge in [-0.25, -0.2) is 0 Å². The van der Waals surface area contributed by atoms with E-state index in [9.17, 15) is 4.79 Å². The molecule has 82 valence electrons. The van der Waals surface area contributed by atoms with Crippen LogP contribution in [0.3, 0.4) is 0 Å². The van der Waals surface area contributed by atoms with Crippen LogP contribution in [0.15, 0.2) is 24.5 Å². The quantitative estimate of drug-likeness (QED) is 0.771. The maximum Gasteiger partial charge on any atom is 0.320 e. The summed E-state index contributed by atoms with van der Waals surface area (Å²) in [4.78, 5) is 14.7. The van der Waals surface area contributed by atoms with E-state index in [1.165, 1.54) is 0 Å². The highest BCUT2D eigenvalue weighted by atomic mass is 16.4. The molecule has 1 rings (SSSR count). The predicted octanol–water partition coefficient (Wildman–Crippen LogP) is 1.60. The van der Waals surface area contributed by atoms with Crippen LogP contribution in [0, 0.1) is 0 Å². The molecule has 0 radical (unpaired) electrons. The molecule has 1 unspecified atom stereocenters. The third-order valence-electron chi connectivity index (χ3n) is 2.36. The van der Waals surface area contributed by atoms with Crippen LogP contribution in [0.4, 0.5) is 0 Å². The molecule has 4 nitrogen and oxygen atoms in total. The van der Waals surface area contributed by atoms with E-state index in [2.05, 4.69) is 10.3 Å². The minimum atomic E-state index is -0.807. The lowest BCUT2D eigenvalue weighted by Crippen LogP contribution is -2.37. The Morgan fingerprint density at radius 3 is 2.60 bits per heavy atom. The number of hydrogen-bond acceptors (Lipinski definition) is 3. The summed E-state index contributed by atoms with van der Waals surface area (Å²) in [6.07, 6.45) is 3.98. The van der Waals surface area contributed by atoms with Crippen LogP contribution in [0.25, 0.3) is 0 Å². The van der Waals surface area contributed by atoms with Crippen molar-refractivity contribution in [2.75, 3.05) is 0 Å². The maximum atomic E-state index is 10.8. The number of carbonyl (C=O) groups is 1. The standard InChI is InChI=1S/C11H16N2O2/c1-3-10(11(14)15)13-8(2)9-4-6-12-7-5-9/h4-8,10,13H,3H2,1-2H3,(H,14,15)/t8-,10?/m1/s1. The number of nitrogens with one attached hydrogen (secondary N) is 1. The lowest BCUT2D eigenvalue weighted by Gasteiger charge is -2.19. The van der Waals surface area contributed by atoms with Gasteiger partial charge in [-0.05, 0) is 31.0 Å². The average molecular weight is 208 g/mol. The van der Waals surface area contributed by atoms with Gasteiger partial charge in [0, 0.05) is 18.4 Å². The van der Waals surface area contributed by atoms with Crippen LogP contribution in [0.5, 0.6) is 0 Å². The van der Waals surface area contributed by atoms with Crippen LogP contribution < -0.4 is 5.32 Å². The first kappa shape index (κ1) is 11.7. The molecule has 0 spiro atoms. The normalized spacial score (nSPS) is 14.5. The van der Waals surface area contributed by atoms with Gasteiger partial charge in [-0.2, -0.15) is 0 Å². The van der Waals surface area contributed by atoms with Gasteiger partial charge in [0.25, 0.3) is 0 Å². The van der Waals surface area contributed by atoms with E-state index in [1.54, 1.807) is 12.4 Å². The Balaban J connectivity index is 2.62. The summed E-state index contributed by atoms with van der Waals surface area (Å²) in [7, 11) is 0. The van der Waals surface area contributed by atoms with E-state index >= 15 is 0 Å². The van der Waals surface area contributed by atoms with E-state index in [1.807, 2.05) is 26.0 Å². The summed E-state index contributed by atoms with van der Waals surface area (Å²) < 4.78 is 0. The number of aliphatic carboxylic acids is 1. The van der Waals surface area contributed by atoms with Crippen LogP contribution in [-0.4, -0.2) is 22.1 Å². The van der Waals surface area contributed by atoms with Crippen LogP contribution >= 0.6 is 0 Å². The highest BCUT2D eigenvalue weighted by Gasteiger charge is 2.17. The van der Waals surface area contributed by atoms with Gasteiger partial charge >= 0.3 is 5.97 Å². The van der Waals surface area contributed by atoms with Gasteiger partial charge in [0.05, 0.1) is 0 Å². The lowest BCUT2D eigenvalue weighted by atomic mass is 10.1. The predicted molar refractivity (Wildman–Crippen MR) is 57.5 cm³/mol. The number of rotatable bonds is 5. The summed E-state index contributed by atoms with van der Waals surface area (Å²) in [6, 6.07) is 3.29. The van der Waals surface area contributed by atoms with Gasteiger partial charge in [0.2, 0.25) is 0 Å². The topological polar surface area (TPSA) is 62.2 Å². The molecule has 15 heavy (non-hydrogen) atoms. The van der Waals surface area contributed by atoms with E-state index in [0.29, 0.717) is 6.42 Å². The van der Waals surface area contributed by atoms with Crippen LogP contribution in [0.1, 0.15) is 31.9 Å². The van der Waals surface area contributed by atoms with Crippen molar-refractivity contribution in [3.05, 3.63) is 30.1 Å². The SMILES string of the molecule is CCC(N[C@H](C)c1ccncc1)C(=O)O. The third kappa shape index (κ3) is 3.32. The molecule has 1 heterocycles. The van der Waals surface area contributed by atoms with Crippen LogP contribution in [-0.2, 0) is 4.79 Å². The molecule has 4 heteroatoms. The Bertz CT molecular complexity index is 314. The first-order valence-electron chi connectivity index (χ1n) is 5.04. The zero-order valence-electron chi connectivity index (χ0n) is 8.97. The monoisotopic (exact) mass is 208 g/mol. The summed E-state index contributed by atoms with van der Waals surface area (Å²) in [6.45, 7) is 3.80. The molecule has 2 atom stereocenters. The zero-order valence-corrected chi connectivity index (χ0v) is 8.97. The minimum Gasteiger partial charge on any atom is -0.480 e. The summed E-state index contributed by atoms with van der Waals surface area (Å²) in [5, 5.41) is 11.9. The number of hydrogen-bond donors (Lipinski definition) is 2. The van der Waals surface area contributed by atoms with Crippen molar-refractivity contribution in [3.8, 4) is 0 Å². The molecule has 2 N–H and O–H groups in total. The second-order valence-electron chi connectivity index (χ2n) is 3.47. The zero-order chi connectivity index (χ0) is 11.3. The molecule has 0 aliphatic heterocycles. The molecule has 0 saturated heterocycles. The van der Waals surface area contributed by atoms with E-state index in [0.717, 1.165) is 5.56 Å². The molecule has 1 aromatic heterocycles. The molecule has 0 aliphatic carbocycles. The minimum absolute atomic E-state index is 0.0223. The molecule has 0 aliphatic rings. The second-order valence-corrected chi connectivity index (χ2v) is 3.47. The van der Waals surface area contributed by atoms with Gasteiger partial charge in [-0.15, -0.1) is 0 Å². The number of nitrogens with zero attached hydrogens (tertiary/aromatic N) is 1. The van der Waals surface area contributed by atoms with E-state index < -0.39 is 12.0 Å². The van der Waals surface area contributed by atoms with Gasteiger partial charge < -0.3 is 5.11 Å². The van der Waals surface area contributed by atoms with Crippen LogP contribution in [0.2, 0.25) is 0 Å². The average Bonchev–Trinajstić information content (AvgIpc) is 2.26. The molecule has 0 saturated carbocycles. The number of carboxylic acid groups (broad SMARTS) is 1. The first-order chi connectivity index (χ1) is 7.15. The van der Waals surface area contributed by atoms with Crippen molar-refractivity contribution in [1.82, 2.24) is 10.3 Å². The van der Waals surface area contributed by atoms with Gasteiger partial charge in [0.1, 0.15) is 6.04 Å². The van der Waals surface area contributed by atoms with Crippen molar-refractivity contribution < 1.29 is 9.90 Å². The highest BCUT2D eigenvalue weighted by molar-refractivity contribution is 5.73. The van der Waals surface area contributed by atoms with Crippen molar-refractivity contribution in [3.63, 3.8) is 0 Å². The van der Waals surface area contributed by atoms with Crippen molar-refractivity contribution in [1.29, 1.82) is 0 Å². The van der Waals surface area contributed by atoms with Crippen molar-refractivity contribution in [2.24, 2.45) is 0 Å². The van der Waals surface area contributed by atoms with E-state index in [4.69, 9.17) is 5.11 Å². The smallest absolute Gasteiger partial charge is 0.320 e. The summed E-state index contributed by atoms with van der Waals surface area (Å²) >= 11 is 0. The fourth-order valence-corrected chi connectivity index (χ4v) is 1.41. The first-order valence-corrected chi connectivity index (χ1v) is 5.04. The van der Waals surface area contributed by atoms with E-state index in [-0.39, 0.29) is 6.04 Å². The largest absolute Gasteiger partial charge is 0.480 e. The fourth-order valence-electron chi connectivity index (χ4n) is 1.41. The molecule has 0 fully saturated rings. The lowest BCUT2D eigenvalue weighted by molar-refractivity contribution is -0.139. The molecular weight excluding hydrogens is 192 g/mol. The fraction of sp³-hybridized carbons (Fsp3) is 0.455. The Morgan fingerprint density at radius 1 is 1.53 bits per heavy atom. The second kappa shape index (κ2) is 5.46. The van der Waals surface area contributed by atoms with Gasteiger partial charge in [0.15, 0.2) is 0 Å². The maximum absolute atomic E-state index is 10.8. The Kier molecular flexibility index (Phi) is 4.24. The third-order valence-corrected chi connectivity index (χ3v) is 2.36. The summed E-state index contributed by atoms with van der Waals surface area (Å²) in [5.74, 6) is -0.807. The Hall–Kier alpha value is -1.42. The number of carboxylic acids is 1. The molecule has 0 bridgehead atoms. The Morgan fingerprint density at radius 2 is 2.13 bits per heavy atom. The van der Waals surface area contributed by atoms with Crippen molar-refractivity contribution in [2.45, 2.75) is 32.4 Å². The van der Waals surface area contributed by atoms with Crippen molar-refractivity contribution >= 4 is 5.97 Å². The molecular formula is C11H16N2O2. The Labute approximate surface area is 89.3 Å². The number of aromatic nitrogens is 1. The molecule has 1 aromatic rings.